The highest BCUT2D eigenvalue weighted by Gasteiger charge is 2.35. The minimum atomic E-state index is -3.94. The fourth-order valence-corrected chi connectivity index (χ4v) is 3.17. The molecule has 0 amide bonds. The van der Waals surface area contributed by atoms with Crippen LogP contribution >= 0.6 is 7.60 Å². The molecular formula is C10H19O3P. The summed E-state index contributed by atoms with van der Waals surface area (Å²) in [5.74, 6) is 0.907. The van der Waals surface area contributed by atoms with Crippen LogP contribution in [0.3, 0.4) is 0 Å². The van der Waals surface area contributed by atoms with Crippen LogP contribution in [-0.4, -0.2) is 15.4 Å². The summed E-state index contributed by atoms with van der Waals surface area (Å²) < 4.78 is 11.2. The summed E-state index contributed by atoms with van der Waals surface area (Å²) in [6.07, 6.45) is 3.57. The summed E-state index contributed by atoms with van der Waals surface area (Å²) in [5, 5.41) is 0. The smallest absolute Gasteiger partial charge is 0.324 e. The van der Waals surface area contributed by atoms with Gasteiger partial charge in [0.15, 0.2) is 0 Å². The molecule has 1 aliphatic rings. The van der Waals surface area contributed by atoms with Crippen molar-refractivity contribution in [1.82, 2.24) is 0 Å². The molecule has 0 fully saturated rings. The number of hydrogen-bond donors (Lipinski definition) is 2. The highest BCUT2D eigenvalue weighted by Crippen LogP contribution is 2.50. The fourth-order valence-electron chi connectivity index (χ4n) is 1.99. The van der Waals surface area contributed by atoms with Gasteiger partial charge in [0.25, 0.3) is 0 Å². The van der Waals surface area contributed by atoms with Crippen LogP contribution in [0.1, 0.15) is 33.6 Å². The van der Waals surface area contributed by atoms with Crippen LogP contribution in [0.25, 0.3) is 0 Å². The van der Waals surface area contributed by atoms with Crippen LogP contribution in [0.2, 0.25) is 0 Å². The first-order chi connectivity index (χ1) is 6.32. The predicted octanol–water partition coefficient (Wildman–Crippen LogP) is 2.55. The van der Waals surface area contributed by atoms with Gasteiger partial charge in [-0.3, -0.25) is 4.57 Å². The van der Waals surface area contributed by atoms with Gasteiger partial charge in [0.05, 0.1) is 5.66 Å². The maximum Gasteiger partial charge on any atom is 0.332 e. The molecule has 0 saturated carbocycles. The van der Waals surface area contributed by atoms with Crippen molar-refractivity contribution in [2.75, 3.05) is 0 Å². The predicted molar refractivity (Wildman–Crippen MR) is 57.2 cm³/mol. The van der Waals surface area contributed by atoms with E-state index < -0.39 is 13.3 Å². The van der Waals surface area contributed by atoms with Gasteiger partial charge in [-0.05, 0) is 31.6 Å². The monoisotopic (exact) mass is 218 g/mol. The van der Waals surface area contributed by atoms with Crippen molar-refractivity contribution in [2.45, 2.75) is 39.3 Å². The zero-order valence-electron chi connectivity index (χ0n) is 8.97. The highest BCUT2D eigenvalue weighted by atomic mass is 31.2. The molecule has 0 saturated heterocycles. The Kier molecular flexibility index (Phi) is 3.57. The van der Waals surface area contributed by atoms with Gasteiger partial charge >= 0.3 is 7.60 Å². The van der Waals surface area contributed by atoms with E-state index >= 15 is 0 Å². The van der Waals surface area contributed by atoms with Crippen molar-refractivity contribution >= 4 is 7.60 Å². The molecule has 2 N–H and O–H groups in total. The third kappa shape index (κ3) is 2.69. The minimum Gasteiger partial charge on any atom is -0.324 e. The molecule has 14 heavy (non-hydrogen) atoms. The normalized spacial score (nSPS) is 29.1. The first-order valence-corrected chi connectivity index (χ1v) is 6.72. The largest absolute Gasteiger partial charge is 0.332 e. The van der Waals surface area contributed by atoms with E-state index in [0.29, 0.717) is 18.3 Å². The van der Waals surface area contributed by atoms with Gasteiger partial charge in [0, 0.05) is 0 Å². The molecule has 0 spiro atoms. The molecule has 0 aromatic rings. The highest BCUT2D eigenvalue weighted by molar-refractivity contribution is 7.52. The van der Waals surface area contributed by atoms with Crippen molar-refractivity contribution in [3.8, 4) is 0 Å². The lowest BCUT2D eigenvalue weighted by molar-refractivity contribution is 0.314. The maximum absolute atomic E-state index is 11.2. The molecule has 0 aliphatic heterocycles. The van der Waals surface area contributed by atoms with Crippen molar-refractivity contribution in [2.24, 2.45) is 11.8 Å². The second kappa shape index (κ2) is 4.18. The van der Waals surface area contributed by atoms with Crippen molar-refractivity contribution in [3.05, 3.63) is 11.6 Å². The Morgan fingerprint density at radius 3 is 2.50 bits per heavy atom. The lowest BCUT2D eigenvalue weighted by Crippen LogP contribution is -2.23. The Morgan fingerprint density at radius 1 is 1.50 bits per heavy atom. The summed E-state index contributed by atoms with van der Waals surface area (Å²) in [7, 11) is -3.94. The molecule has 2 atom stereocenters. The Balaban J connectivity index is 2.83. The summed E-state index contributed by atoms with van der Waals surface area (Å²) in [4.78, 5) is 18.4. The lowest BCUT2D eigenvalue weighted by atomic mass is 9.82. The summed E-state index contributed by atoms with van der Waals surface area (Å²) in [5.41, 5.74) is 0.318. The SMILES string of the molecule is CC1=CCC(C(C)C)CC1P(=O)(O)O. The molecule has 0 bridgehead atoms. The van der Waals surface area contributed by atoms with Gasteiger partial charge in [0.1, 0.15) is 0 Å². The third-order valence-corrected chi connectivity index (χ3v) is 4.57. The molecule has 82 valence electrons. The molecule has 1 aliphatic carbocycles. The van der Waals surface area contributed by atoms with Crippen LogP contribution in [0.5, 0.6) is 0 Å². The van der Waals surface area contributed by atoms with Crippen LogP contribution in [0.15, 0.2) is 11.6 Å². The molecule has 0 aromatic heterocycles. The maximum atomic E-state index is 11.2. The van der Waals surface area contributed by atoms with Gasteiger partial charge in [-0.2, -0.15) is 0 Å². The van der Waals surface area contributed by atoms with E-state index in [1.165, 1.54) is 0 Å². The molecule has 2 unspecified atom stereocenters. The zero-order chi connectivity index (χ0) is 10.9. The topological polar surface area (TPSA) is 57.5 Å². The van der Waals surface area contributed by atoms with Crippen molar-refractivity contribution < 1.29 is 14.4 Å². The Labute approximate surface area is 85.4 Å². The van der Waals surface area contributed by atoms with E-state index in [2.05, 4.69) is 13.8 Å². The first-order valence-electron chi connectivity index (χ1n) is 5.04. The number of rotatable bonds is 2. The van der Waals surface area contributed by atoms with Crippen LogP contribution in [0, 0.1) is 11.8 Å². The van der Waals surface area contributed by atoms with E-state index in [1.807, 2.05) is 13.0 Å². The molecule has 0 heterocycles. The van der Waals surface area contributed by atoms with E-state index in [1.54, 1.807) is 0 Å². The molecular weight excluding hydrogens is 199 g/mol. The number of allylic oxidation sites excluding steroid dienone is 2. The van der Waals surface area contributed by atoms with E-state index in [9.17, 15) is 14.4 Å². The minimum absolute atomic E-state index is 0.413. The molecule has 3 nitrogen and oxygen atoms in total. The Hall–Kier alpha value is -0.110. The van der Waals surface area contributed by atoms with Gasteiger partial charge in [-0.15, -0.1) is 0 Å². The molecule has 1 rings (SSSR count). The second-order valence-electron chi connectivity index (χ2n) is 4.53. The zero-order valence-corrected chi connectivity index (χ0v) is 9.87. The van der Waals surface area contributed by atoms with Crippen LogP contribution in [-0.2, 0) is 4.57 Å². The fraction of sp³-hybridized carbons (Fsp3) is 0.800. The molecule has 4 heteroatoms. The van der Waals surface area contributed by atoms with Gasteiger partial charge in [-0.25, -0.2) is 0 Å². The standard InChI is InChI=1S/C10H19O3P/c1-7(2)9-5-4-8(3)10(6-9)14(11,12)13/h4,7,9-10H,5-6H2,1-3H3,(H2,11,12,13). The quantitative estimate of drug-likeness (QED) is 0.553. The summed E-state index contributed by atoms with van der Waals surface area (Å²) in [6, 6.07) is 0. The Bertz CT molecular complexity index is 277. The van der Waals surface area contributed by atoms with Crippen LogP contribution in [0.4, 0.5) is 0 Å². The van der Waals surface area contributed by atoms with E-state index in [4.69, 9.17) is 0 Å². The summed E-state index contributed by atoms with van der Waals surface area (Å²) in [6.45, 7) is 6.03. The van der Waals surface area contributed by atoms with Crippen molar-refractivity contribution in [3.63, 3.8) is 0 Å². The van der Waals surface area contributed by atoms with Crippen molar-refractivity contribution in [1.29, 1.82) is 0 Å². The Morgan fingerprint density at radius 2 is 2.07 bits per heavy atom. The third-order valence-electron chi connectivity index (χ3n) is 3.14. The average molecular weight is 218 g/mol. The van der Waals surface area contributed by atoms with Crippen LogP contribution < -0.4 is 0 Å². The van der Waals surface area contributed by atoms with E-state index in [0.717, 1.165) is 12.0 Å². The van der Waals surface area contributed by atoms with Gasteiger partial charge in [-0.1, -0.05) is 25.5 Å². The first kappa shape index (κ1) is 12.0. The summed E-state index contributed by atoms with van der Waals surface area (Å²) >= 11 is 0. The van der Waals surface area contributed by atoms with E-state index in [-0.39, 0.29) is 0 Å². The molecule has 0 radical (unpaired) electrons. The second-order valence-corrected chi connectivity index (χ2v) is 6.33. The van der Waals surface area contributed by atoms with Gasteiger partial charge < -0.3 is 9.79 Å². The van der Waals surface area contributed by atoms with Gasteiger partial charge in [0.2, 0.25) is 0 Å². The average Bonchev–Trinajstić information content (AvgIpc) is 2.02. The lowest BCUT2D eigenvalue weighted by Gasteiger charge is -2.31. The molecule has 0 aromatic carbocycles. The number of hydrogen-bond acceptors (Lipinski definition) is 1.